The second kappa shape index (κ2) is 8.16. The zero-order valence-electron chi connectivity index (χ0n) is 15.4. The lowest BCUT2D eigenvalue weighted by atomic mass is 9.96. The van der Waals surface area contributed by atoms with Gasteiger partial charge in [0.15, 0.2) is 0 Å². The van der Waals surface area contributed by atoms with Crippen LogP contribution in [-0.2, 0) is 6.54 Å². The van der Waals surface area contributed by atoms with Crippen molar-refractivity contribution in [2.45, 2.75) is 38.4 Å². The maximum Gasteiger partial charge on any atom is 0.253 e. The van der Waals surface area contributed by atoms with Crippen molar-refractivity contribution in [2.75, 3.05) is 13.6 Å². The summed E-state index contributed by atoms with van der Waals surface area (Å²) in [5.41, 5.74) is 2.44. The number of nitrogens with zero attached hydrogens (tertiary/aromatic N) is 3. The van der Waals surface area contributed by atoms with Gasteiger partial charge in [-0.25, -0.2) is 0 Å². The monoisotopic (exact) mass is 347 g/mol. The fourth-order valence-electron chi connectivity index (χ4n) is 3.69. The summed E-state index contributed by atoms with van der Waals surface area (Å²) in [7, 11) is 1.88. The minimum absolute atomic E-state index is 0.00388. The summed E-state index contributed by atoms with van der Waals surface area (Å²) in [5.74, 6) is -0.00388. The van der Waals surface area contributed by atoms with Crippen molar-refractivity contribution in [1.29, 1.82) is 5.26 Å². The molecule has 0 unspecified atom stereocenters. The van der Waals surface area contributed by atoms with E-state index in [0.717, 1.165) is 25.9 Å². The van der Waals surface area contributed by atoms with Gasteiger partial charge in [-0.3, -0.25) is 9.69 Å². The number of carbonyl (C=O) groups excluding carboxylic acids is 1. The van der Waals surface area contributed by atoms with E-state index in [0.29, 0.717) is 17.2 Å². The Morgan fingerprint density at radius 2 is 2.00 bits per heavy atom. The van der Waals surface area contributed by atoms with Gasteiger partial charge in [0.25, 0.3) is 5.91 Å². The summed E-state index contributed by atoms with van der Waals surface area (Å²) < 4.78 is 0. The predicted molar refractivity (Wildman–Crippen MR) is 103 cm³/mol. The first kappa shape index (κ1) is 18.2. The molecule has 0 saturated carbocycles. The van der Waals surface area contributed by atoms with Crippen LogP contribution in [0.1, 0.15) is 41.3 Å². The van der Waals surface area contributed by atoms with Gasteiger partial charge < -0.3 is 4.90 Å². The number of nitriles is 1. The Kier molecular flexibility index (Phi) is 5.70. The highest BCUT2D eigenvalue weighted by Gasteiger charge is 2.30. The highest BCUT2D eigenvalue weighted by molar-refractivity contribution is 5.94. The van der Waals surface area contributed by atoms with E-state index in [4.69, 9.17) is 5.26 Å². The molecule has 1 fully saturated rings. The molecule has 1 amide bonds. The fourth-order valence-corrected chi connectivity index (χ4v) is 3.69. The summed E-state index contributed by atoms with van der Waals surface area (Å²) in [5, 5.41) is 9.04. The third-order valence-electron chi connectivity index (χ3n) is 5.32. The highest BCUT2D eigenvalue weighted by Crippen LogP contribution is 2.24. The Hall–Kier alpha value is -2.64. The first-order chi connectivity index (χ1) is 12.6. The quantitative estimate of drug-likeness (QED) is 0.847. The number of hydrogen-bond donors (Lipinski definition) is 0. The Morgan fingerprint density at radius 3 is 2.69 bits per heavy atom. The molecule has 2 aromatic rings. The molecule has 1 aliphatic rings. The van der Waals surface area contributed by atoms with Gasteiger partial charge >= 0.3 is 0 Å². The van der Waals surface area contributed by atoms with E-state index in [1.165, 1.54) is 5.56 Å². The van der Waals surface area contributed by atoms with E-state index < -0.39 is 0 Å². The average Bonchev–Trinajstić information content (AvgIpc) is 2.69. The lowest BCUT2D eigenvalue weighted by molar-refractivity contribution is 0.0538. The molecule has 4 nitrogen and oxygen atoms in total. The number of hydrogen-bond acceptors (Lipinski definition) is 3. The van der Waals surface area contributed by atoms with Crippen molar-refractivity contribution in [1.82, 2.24) is 9.80 Å². The van der Waals surface area contributed by atoms with Gasteiger partial charge in [-0.1, -0.05) is 36.4 Å². The predicted octanol–water partition coefficient (Wildman–Crippen LogP) is 3.68. The summed E-state index contributed by atoms with van der Waals surface area (Å²) in [6.07, 6.45) is 1.93. The zero-order valence-corrected chi connectivity index (χ0v) is 15.4. The molecule has 0 aromatic heterocycles. The summed E-state index contributed by atoms with van der Waals surface area (Å²) in [6, 6.07) is 20.2. The molecule has 2 atom stereocenters. The van der Waals surface area contributed by atoms with Gasteiger partial charge in [0.1, 0.15) is 0 Å². The normalized spacial score (nSPS) is 20.3. The van der Waals surface area contributed by atoms with Gasteiger partial charge in [-0.2, -0.15) is 5.26 Å². The Bertz CT molecular complexity index is 797. The Morgan fingerprint density at radius 1 is 1.23 bits per heavy atom. The minimum atomic E-state index is -0.00388. The van der Waals surface area contributed by atoms with Crippen LogP contribution in [0.25, 0.3) is 0 Å². The second-order valence-corrected chi connectivity index (χ2v) is 7.09. The van der Waals surface area contributed by atoms with Gasteiger partial charge in [-0.05, 0) is 43.5 Å². The van der Waals surface area contributed by atoms with E-state index in [1.807, 2.05) is 18.0 Å². The number of amides is 1. The van der Waals surface area contributed by atoms with E-state index >= 15 is 0 Å². The molecule has 0 spiro atoms. The number of piperidine rings is 1. The van der Waals surface area contributed by atoms with Crippen LogP contribution in [0.3, 0.4) is 0 Å². The lowest BCUT2D eigenvalue weighted by Gasteiger charge is -2.41. The molecule has 1 saturated heterocycles. The zero-order chi connectivity index (χ0) is 18.5. The SMILES string of the molecule is C[C@@H]1C[C@@H](N(C)C(=O)c2cccc(C#N)c2)CCN1Cc1ccccc1. The molecule has 3 rings (SSSR count). The van der Waals surface area contributed by atoms with Crippen LogP contribution >= 0.6 is 0 Å². The van der Waals surface area contributed by atoms with Crippen molar-refractivity contribution < 1.29 is 4.79 Å². The van der Waals surface area contributed by atoms with E-state index in [1.54, 1.807) is 24.3 Å². The summed E-state index contributed by atoms with van der Waals surface area (Å²) in [6.45, 7) is 4.18. The molecule has 0 aliphatic carbocycles. The molecule has 0 N–H and O–H groups in total. The van der Waals surface area contributed by atoms with Crippen molar-refractivity contribution in [3.63, 3.8) is 0 Å². The molecule has 1 aliphatic heterocycles. The molecule has 1 heterocycles. The minimum Gasteiger partial charge on any atom is -0.339 e. The topological polar surface area (TPSA) is 47.3 Å². The first-order valence-electron chi connectivity index (χ1n) is 9.14. The van der Waals surface area contributed by atoms with Crippen LogP contribution in [0.2, 0.25) is 0 Å². The Labute approximate surface area is 155 Å². The summed E-state index contributed by atoms with van der Waals surface area (Å²) in [4.78, 5) is 17.1. The van der Waals surface area contributed by atoms with Crippen LogP contribution in [0.5, 0.6) is 0 Å². The molecule has 4 heteroatoms. The van der Waals surface area contributed by atoms with Crippen LogP contribution in [0.4, 0.5) is 0 Å². The largest absolute Gasteiger partial charge is 0.339 e. The molecule has 0 bridgehead atoms. The Balaban J connectivity index is 1.62. The molecular weight excluding hydrogens is 322 g/mol. The third kappa shape index (κ3) is 4.12. The maximum atomic E-state index is 12.8. The van der Waals surface area contributed by atoms with Crippen LogP contribution in [0.15, 0.2) is 54.6 Å². The van der Waals surface area contributed by atoms with Gasteiger partial charge in [0.05, 0.1) is 11.6 Å². The average molecular weight is 347 g/mol. The molecule has 2 aromatic carbocycles. The number of rotatable bonds is 4. The summed E-state index contributed by atoms with van der Waals surface area (Å²) >= 11 is 0. The van der Waals surface area contributed by atoms with Crippen molar-refractivity contribution >= 4 is 5.91 Å². The number of likely N-dealkylation sites (tertiary alicyclic amines) is 1. The first-order valence-corrected chi connectivity index (χ1v) is 9.14. The fraction of sp³-hybridized carbons (Fsp3) is 0.364. The van der Waals surface area contributed by atoms with Crippen molar-refractivity contribution in [2.24, 2.45) is 0 Å². The molecule has 26 heavy (non-hydrogen) atoms. The highest BCUT2D eigenvalue weighted by atomic mass is 16.2. The van der Waals surface area contributed by atoms with Gasteiger partial charge in [0, 0.05) is 37.8 Å². The molecule has 0 radical (unpaired) electrons. The van der Waals surface area contributed by atoms with Crippen LogP contribution in [0, 0.1) is 11.3 Å². The van der Waals surface area contributed by atoms with Crippen LogP contribution < -0.4 is 0 Å². The maximum absolute atomic E-state index is 12.8. The number of benzene rings is 2. The van der Waals surface area contributed by atoms with Gasteiger partial charge in [0.2, 0.25) is 0 Å². The molecular formula is C22H25N3O. The van der Waals surface area contributed by atoms with Crippen LogP contribution in [-0.4, -0.2) is 41.4 Å². The van der Waals surface area contributed by atoms with E-state index in [-0.39, 0.29) is 11.9 Å². The second-order valence-electron chi connectivity index (χ2n) is 7.09. The van der Waals surface area contributed by atoms with Crippen molar-refractivity contribution in [3.8, 4) is 6.07 Å². The standard InChI is InChI=1S/C22H25N3O/c1-17-13-21(11-12-25(17)16-18-7-4-3-5-8-18)24(2)22(26)20-10-6-9-19(14-20)15-23/h3-10,14,17,21H,11-13,16H2,1-2H3/t17-,21+/m1/s1. The van der Waals surface area contributed by atoms with Crippen molar-refractivity contribution in [3.05, 3.63) is 71.3 Å². The van der Waals surface area contributed by atoms with E-state index in [9.17, 15) is 4.79 Å². The third-order valence-corrected chi connectivity index (χ3v) is 5.32. The lowest BCUT2D eigenvalue weighted by Crippen LogP contribution is -2.49. The smallest absolute Gasteiger partial charge is 0.253 e. The van der Waals surface area contributed by atoms with E-state index in [2.05, 4.69) is 42.2 Å². The number of carbonyl (C=O) groups is 1. The van der Waals surface area contributed by atoms with Gasteiger partial charge in [-0.15, -0.1) is 0 Å². The molecule has 134 valence electrons.